The van der Waals surface area contributed by atoms with E-state index < -0.39 is 15.6 Å². The average molecular weight is 434 g/mol. The lowest BCUT2D eigenvalue weighted by Crippen LogP contribution is -2.49. The van der Waals surface area contributed by atoms with Crippen molar-refractivity contribution < 1.29 is 8.42 Å². The minimum Gasteiger partial charge on any atom is -0.366 e. The number of H-pyrrole nitrogens is 1. The Labute approximate surface area is 152 Å². The molecule has 2 aromatic rings. The fraction of sp³-hybridized carbons (Fsp3) is 0.286. The molecule has 0 atom stereocenters. The highest BCUT2D eigenvalue weighted by Crippen LogP contribution is 2.25. The molecule has 0 spiro atoms. The van der Waals surface area contributed by atoms with Crippen molar-refractivity contribution >= 4 is 43.2 Å². The van der Waals surface area contributed by atoms with Crippen LogP contribution in [0.4, 0.5) is 5.69 Å². The number of aromatic amines is 1. The van der Waals surface area contributed by atoms with Gasteiger partial charge in [-0.05, 0) is 18.2 Å². The second-order valence-electron chi connectivity index (χ2n) is 5.25. The zero-order valence-electron chi connectivity index (χ0n) is 12.4. The normalized spacial score (nSPS) is 16.3. The number of sulfonamides is 1. The number of nitrogens with one attached hydrogen (secondary N) is 1. The number of halogens is 2. The van der Waals surface area contributed by atoms with Gasteiger partial charge in [-0.25, -0.2) is 13.5 Å². The molecule has 10 heteroatoms. The van der Waals surface area contributed by atoms with Crippen molar-refractivity contribution in [2.24, 2.45) is 0 Å². The van der Waals surface area contributed by atoms with Gasteiger partial charge in [-0.3, -0.25) is 4.79 Å². The Kier molecular flexibility index (Phi) is 4.95. The molecule has 1 aromatic carbocycles. The van der Waals surface area contributed by atoms with Crippen LogP contribution in [-0.4, -0.2) is 49.1 Å². The number of rotatable bonds is 3. The fourth-order valence-corrected chi connectivity index (χ4v) is 4.77. The second kappa shape index (κ2) is 6.83. The largest absolute Gasteiger partial charge is 0.366 e. The van der Waals surface area contributed by atoms with Gasteiger partial charge in [0.2, 0.25) is 10.0 Å². The Morgan fingerprint density at radius 2 is 1.92 bits per heavy atom. The average Bonchev–Trinajstić information content (AvgIpc) is 2.57. The predicted octanol–water partition coefficient (Wildman–Crippen LogP) is 1.70. The Balaban J connectivity index is 1.77. The molecule has 1 aromatic heterocycles. The summed E-state index contributed by atoms with van der Waals surface area (Å²) in [6.45, 7) is 1.46. The summed E-state index contributed by atoms with van der Waals surface area (Å²) < 4.78 is 27.5. The molecule has 0 saturated carbocycles. The van der Waals surface area contributed by atoms with E-state index in [9.17, 15) is 13.2 Å². The van der Waals surface area contributed by atoms with Gasteiger partial charge in [0, 0.05) is 30.7 Å². The molecule has 1 aliphatic heterocycles. The summed E-state index contributed by atoms with van der Waals surface area (Å²) in [5, 5.41) is 6.07. The van der Waals surface area contributed by atoms with Crippen molar-refractivity contribution in [1.29, 1.82) is 0 Å². The van der Waals surface area contributed by atoms with Crippen molar-refractivity contribution in [3.8, 4) is 0 Å². The zero-order chi connectivity index (χ0) is 17.3. The number of aromatic nitrogens is 2. The van der Waals surface area contributed by atoms with Crippen LogP contribution in [0.3, 0.4) is 0 Å². The maximum atomic E-state index is 12.7. The fourth-order valence-electron chi connectivity index (χ4n) is 2.54. The summed E-state index contributed by atoms with van der Waals surface area (Å²) in [7, 11) is -3.55. The van der Waals surface area contributed by atoms with Gasteiger partial charge in [-0.2, -0.15) is 9.40 Å². The summed E-state index contributed by atoms with van der Waals surface area (Å²) in [5.41, 5.74) is 0.0540. The summed E-state index contributed by atoms with van der Waals surface area (Å²) in [4.78, 5) is 13.6. The van der Waals surface area contributed by atoms with E-state index in [4.69, 9.17) is 11.6 Å². The second-order valence-corrected chi connectivity index (χ2v) is 8.48. The van der Waals surface area contributed by atoms with E-state index in [1.54, 1.807) is 24.3 Å². The van der Waals surface area contributed by atoms with E-state index in [0.29, 0.717) is 36.3 Å². The number of benzene rings is 1. The molecule has 0 bridgehead atoms. The summed E-state index contributed by atoms with van der Waals surface area (Å²) >= 11 is 9.29. The molecule has 3 rings (SSSR count). The number of piperazine rings is 1. The topological polar surface area (TPSA) is 86.4 Å². The van der Waals surface area contributed by atoms with Crippen LogP contribution < -0.4 is 10.5 Å². The SMILES string of the molecule is O=c1[nH]ncc(N2CCN(S(=O)(=O)c3cccc(Br)c3)CC2)c1Cl. The Hall–Kier alpha value is -1.42. The third kappa shape index (κ3) is 3.34. The van der Waals surface area contributed by atoms with E-state index in [1.807, 2.05) is 4.90 Å². The van der Waals surface area contributed by atoms with Crippen molar-refractivity contribution in [2.75, 3.05) is 31.1 Å². The number of nitrogens with zero attached hydrogens (tertiary/aromatic N) is 3. The van der Waals surface area contributed by atoms with E-state index in [2.05, 4.69) is 26.1 Å². The van der Waals surface area contributed by atoms with Crippen molar-refractivity contribution in [2.45, 2.75) is 4.90 Å². The van der Waals surface area contributed by atoms with Crippen LogP contribution in [-0.2, 0) is 10.0 Å². The molecule has 1 aliphatic rings. The molecule has 0 aliphatic carbocycles. The number of hydrogen-bond acceptors (Lipinski definition) is 5. The van der Waals surface area contributed by atoms with Gasteiger partial charge < -0.3 is 4.90 Å². The molecule has 0 amide bonds. The highest BCUT2D eigenvalue weighted by Gasteiger charge is 2.29. The van der Waals surface area contributed by atoms with Crippen LogP contribution in [0.15, 0.2) is 44.6 Å². The lowest BCUT2D eigenvalue weighted by Gasteiger charge is -2.35. The summed E-state index contributed by atoms with van der Waals surface area (Å²) in [6, 6.07) is 6.62. The summed E-state index contributed by atoms with van der Waals surface area (Å²) in [6.07, 6.45) is 1.47. The van der Waals surface area contributed by atoms with Crippen molar-refractivity contribution in [3.63, 3.8) is 0 Å². The van der Waals surface area contributed by atoms with Crippen LogP contribution >= 0.6 is 27.5 Å². The van der Waals surface area contributed by atoms with Gasteiger partial charge in [0.15, 0.2) is 0 Å². The first-order valence-electron chi connectivity index (χ1n) is 7.13. The first kappa shape index (κ1) is 17.4. The van der Waals surface area contributed by atoms with Gasteiger partial charge >= 0.3 is 0 Å². The molecule has 0 radical (unpaired) electrons. The van der Waals surface area contributed by atoms with Gasteiger partial charge in [0.25, 0.3) is 5.56 Å². The molecule has 0 unspecified atom stereocenters. The first-order valence-corrected chi connectivity index (χ1v) is 9.74. The van der Waals surface area contributed by atoms with Crippen LogP contribution in [0, 0.1) is 0 Å². The smallest absolute Gasteiger partial charge is 0.285 e. The minimum absolute atomic E-state index is 0.0632. The quantitative estimate of drug-likeness (QED) is 0.796. The standard InChI is InChI=1S/C14H14BrClN4O3S/c15-10-2-1-3-11(8-10)24(22,23)20-6-4-19(5-7-20)12-9-17-18-14(21)13(12)16/h1-3,8-9H,4-7H2,(H,18,21). The van der Waals surface area contributed by atoms with E-state index >= 15 is 0 Å². The number of anilines is 1. The van der Waals surface area contributed by atoms with Gasteiger partial charge in [-0.15, -0.1) is 0 Å². The van der Waals surface area contributed by atoms with E-state index in [-0.39, 0.29) is 9.92 Å². The highest BCUT2D eigenvalue weighted by molar-refractivity contribution is 9.10. The maximum Gasteiger partial charge on any atom is 0.285 e. The van der Waals surface area contributed by atoms with E-state index in [1.165, 1.54) is 10.5 Å². The molecule has 7 nitrogen and oxygen atoms in total. The zero-order valence-corrected chi connectivity index (χ0v) is 15.6. The molecule has 24 heavy (non-hydrogen) atoms. The first-order chi connectivity index (χ1) is 11.4. The number of hydrogen-bond donors (Lipinski definition) is 1. The molecule has 2 heterocycles. The Morgan fingerprint density at radius 1 is 1.21 bits per heavy atom. The van der Waals surface area contributed by atoms with Crippen LogP contribution in [0.1, 0.15) is 0 Å². The molecular formula is C14H14BrClN4O3S. The lowest BCUT2D eigenvalue weighted by atomic mass is 10.3. The monoisotopic (exact) mass is 432 g/mol. The molecule has 1 fully saturated rings. The van der Waals surface area contributed by atoms with E-state index in [0.717, 1.165) is 0 Å². The van der Waals surface area contributed by atoms with Gasteiger partial charge in [0.1, 0.15) is 5.02 Å². The minimum atomic E-state index is -3.55. The van der Waals surface area contributed by atoms with Crippen molar-refractivity contribution in [3.05, 3.63) is 50.3 Å². The Bertz CT molecular complexity index is 910. The lowest BCUT2D eigenvalue weighted by molar-refractivity contribution is 0.384. The van der Waals surface area contributed by atoms with Gasteiger partial charge in [-0.1, -0.05) is 33.6 Å². The molecule has 1 N–H and O–H groups in total. The van der Waals surface area contributed by atoms with Crippen LogP contribution in [0.25, 0.3) is 0 Å². The third-order valence-corrected chi connectivity index (χ3v) is 6.54. The van der Waals surface area contributed by atoms with Crippen LogP contribution in [0.5, 0.6) is 0 Å². The summed E-state index contributed by atoms with van der Waals surface area (Å²) in [5.74, 6) is 0. The molecular weight excluding hydrogens is 420 g/mol. The van der Waals surface area contributed by atoms with Crippen molar-refractivity contribution in [1.82, 2.24) is 14.5 Å². The third-order valence-electron chi connectivity index (χ3n) is 3.79. The van der Waals surface area contributed by atoms with Crippen LogP contribution in [0.2, 0.25) is 5.02 Å². The molecule has 1 saturated heterocycles. The molecule has 128 valence electrons. The maximum absolute atomic E-state index is 12.7. The predicted molar refractivity (Wildman–Crippen MR) is 95.0 cm³/mol. The Morgan fingerprint density at radius 3 is 2.58 bits per heavy atom. The van der Waals surface area contributed by atoms with Gasteiger partial charge in [0.05, 0.1) is 16.8 Å². The highest BCUT2D eigenvalue weighted by atomic mass is 79.9.